The number of benzene rings is 1. The summed E-state index contributed by atoms with van der Waals surface area (Å²) < 4.78 is 17.6. The number of aromatic nitrogens is 2. The van der Waals surface area contributed by atoms with Crippen LogP contribution in [0.3, 0.4) is 0 Å². The summed E-state index contributed by atoms with van der Waals surface area (Å²) in [6.07, 6.45) is 0. The lowest BCUT2D eigenvalue weighted by Crippen LogP contribution is -2.12. The van der Waals surface area contributed by atoms with Crippen molar-refractivity contribution < 1.29 is 18.7 Å². The monoisotopic (exact) mass is 377 g/mol. The third-order valence-electron chi connectivity index (χ3n) is 3.22. The highest BCUT2D eigenvalue weighted by Gasteiger charge is 2.18. The van der Waals surface area contributed by atoms with Gasteiger partial charge in [-0.25, -0.2) is 19.2 Å². The zero-order valence-corrected chi connectivity index (χ0v) is 14.8. The summed E-state index contributed by atoms with van der Waals surface area (Å²) >= 11 is 2.32. The van der Waals surface area contributed by atoms with Gasteiger partial charge in [0.05, 0.1) is 12.8 Å². The molecular weight excluding hydrogens is 365 g/mol. The van der Waals surface area contributed by atoms with Crippen LogP contribution in [0.15, 0.2) is 29.6 Å². The van der Waals surface area contributed by atoms with Crippen molar-refractivity contribution in [3.05, 3.63) is 51.7 Å². The average molecular weight is 377 g/mol. The molecule has 0 atom stereocenters. The van der Waals surface area contributed by atoms with Crippen molar-refractivity contribution in [2.75, 3.05) is 12.4 Å². The molecule has 9 heteroatoms. The molecule has 1 aromatic carbocycles. The highest BCUT2D eigenvalue weighted by Crippen LogP contribution is 2.26. The number of nitrogens with one attached hydrogen (secondary N) is 1. The molecule has 3 rings (SSSR count). The molecule has 6 nitrogen and oxygen atoms in total. The Bertz CT molecular complexity index is 935. The Morgan fingerprint density at radius 3 is 2.60 bits per heavy atom. The second-order valence-electron chi connectivity index (χ2n) is 4.92. The van der Waals surface area contributed by atoms with E-state index < -0.39 is 11.9 Å². The van der Waals surface area contributed by atoms with Gasteiger partial charge in [-0.15, -0.1) is 11.3 Å². The quantitative estimate of drug-likeness (QED) is 0.700. The summed E-state index contributed by atoms with van der Waals surface area (Å²) in [7, 11) is 1.28. The first-order valence-electron chi connectivity index (χ1n) is 7.06. The van der Waals surface area contributed by atoms with Crippen LogP contribution in [-0.4, -0.2) is 29.0 Å². The Labute approximate surface area is 150 Å². The van der Waals surface area contributed by atoms with E-state index in [0.717, 1.165) is 16.9 Å². The number of aryl methyl sites for hydroxylation is 1. The molecule has 0 aliphatic rings. The largest absolute Gasteiger partial charge is 0.465 e. The van der Waals surface area contributed by atoms with Gasteiger partial charge in [0, 0.05) is 10.9 Å². The zero-order valence-electron chi connectivity index (χ0n) is 13.2. The molecule has 0 aliphatic carbocycles. The molecule has 128 valence electrons. The minimum Gasteiger partial charge on any atom is -0.465 e. The predicted molar refractivity (Wildman–Crippen MR) is 93.7 cm³/mol. The first kappa shape index (κ1) is 17.2. The van der Waals surface area contributed by atoms with Crippen LogP contribution in [-0.2, 0) is 4.74 Å². The molecule has 0 bridgehead atoms. The molecular formula is C16H12FN3O3S2. The van der Waals surface area contributed by atoms with Gasteiger partial charge >= 0.3 is 5.97 Å². The number of ether oxygens (including phenoxy) is 1. The SMILES string of the molecule is COC(=O)c1sc(NC(=O)c2csc(-c3ccc(F)cc3)n2)nc1C. The Morgan fingerprint density at radius 1 is 1.20 bits per heavy atom. The molecule has 1 N–H and O–H groups in total. The van der Waals surface area contributed by atoms with Crippen molar-refractivity contribution in [2.24, 2.45) is 0 Å². The van der Waals surface area contributed by atoms with E-state index in [9.17, 15) is 14.0 Å². The van der Waals surface area contributed by atoms with Gasteiger partial charge in [0.1, 0.15) is 21.4 Å². The predicted octanol–water partition coefficient (Wildman–Crippen LogP) is 3.75. The van der Waals surface area contributed by atoms with E-state index in [1.165, 1.54) is 30.6 Å². The van der Waals surface area contributed by atoms with E-state index in [0.29, 0.717) is 20.7 Å². The zero-order chi connectivity index (χ0) is 18.0. The topological polar surface area (TPSA) is 81.2 Å². The van der Waals surface area contributed by atoms with Crippen LogP contribution in [0.1, 0.15) is 25.9 Å². The molecule has 2 heterocycles. The van der Waals surface area contributed by atoms with Crippen molar-refractivity contribution in [1.29, 1.82) is 0 Å². The number of carbonyl (C=O) groups is 2. The number of halogens is 1. The summed E-state index contributed by atoms with van der Waals surface area (Å²) in [6.45, 7) is 1.66. The number of methoxy groups -OCH3 is 1. The van der Waals surface area contributed by atoms with Crippen LogP contribution in [0.2, 0.25) is 0 Å². The summed E-state index contributed by atoms with van der Waals surface area (Å²) in [5.74, 6) is -1.27. The number of nitrogens with zero attached hydrogens (tertiary/aromatic N) is 2. The van der Waals surface area contributed by atoms with Crippen molar-refractivity contribution in [1.82, 2.24) is 9.97 Å². The number of esters is 1. The lowest BCUT2D eigenvalue weighted by Gasteiger charge is -1.98. The number of anilines is 1. The fourth-order valence-corrected chi connectivity index (χ4v) is 3.68. The van der Waals surface area contributed by atoms with E-state index in [1.807, 2.05) is 0 Å². The minimum absolute atomic E-state index is 0.219. The van der Waals surface area contributed by atoms with Gasteiger partial charge in [0.25, 0.3) is 5.91 Å². The maximum atomic E-state index is 13.0. The van der Waals surface area contributed by atoms with Gasteiger partial charge < -0.3 is 4.74 Å². The number of hydrogen-bond donors (Lipinski definition) is 1. The lowest BCUT2D eigenvalue weighted by molar-refractivity contribution is 0.0605. The fourth-order valence-electron chi connectivity index (χ4n) is 2.00. The molecule has 0 radical (unpaired) electrons. The Hall–Kier alpha value is -2.65. The molecule has 0 unspecified atom stereocenters. The van der Waals surface area contributed by atoms with Gasteiger partial charge in [-0.05, 0) is 31.2 Å². The second kappa shape index (κ2) is 7.08. The van der Waals surface area contributed by atoms with E-state index in [-0.39, 0.29) is 11.5 Å². The molecule has 0 spiro atoms. The first-order valence-corrected chi connectivity index (χ1v) is 8.76. The number of hydrogen-bond acceptors (Lipinski definition) is 7. The van der Waals surface area contributed by atoms with Crippen LogP contribution in [0, 0.1) is 12.7 Å². The van der Waals surface area contributed by atoms with Crippen LogP contribution >= 0.6 is 22.7 Å². The van der Waals surface area contributed by atoms with E-state index in [4.69, 9.17) is 0 Å². The number of rotatable bonds is 4. The highest BCUT2D eigenvalue weighted by molar-refractivity contribution is 7.17. The number of thiazole rings is 2. The highest BCUT2D eigenvalue weighted by atomic mass is 32.1. The number of amides is 1. The van der Waals surface area contributed by atoms with Crippen molar-refractivity contribution in [2.45, 2.75) is 6.92 Å². The third-order valence-corrected chi connectivity index (χ3v) is 5.16. The fraction of sp³-hybridized carbons (Fsp3) is 0.125. The Kier molecular flexibility index (Phi) is 4.86. The van der Waals surface area contributed by atoms with Crippen LogP contribution in [0.25, 0.3) is 10.6 Å². The molecule has 0 fully saturated rings. The molecule has 0 saturated carbocycles. The number of carbonyl (C=O) groups excluding carboxylic acids is 2. The molecule has 2 aromatic heterocycles. The van der Waals surface area contributed by atoms with Gasteiger partial charge in [-0.2, -0.15) is 0 Å². The summed E-state index contributed by atoms with van der Waals surface area (Å²) in [4.78, 5) is 32.6. The lowest BCUT2D eigenvalue weighted by atomic mass is 10.2. The summed E-state index contributed by atoms with van der Waals surface area (Å²) in [5, 5.41) is 5.12. The van der Waals surface area contributed by atoms with Crippen LogP contribution in [0.5, 0.6) is 0 Å². The third kappa shape index (κ3) is 3.72. The molecule has 3 aromatic rings. The minimum atomic E-state index is -0.497. The Balaban J connectivity index is 1.76. The van der Waals surface area contributed by atoms with Crippen molar-refractivity contribution in [3.8, 4) is 10.6 Å². The van der Waals surface area contributed by atoms with Gasteiger partial charge in [0.2, 0.25) is 0 Å². The van der Waals surface area contributed by atoms with Gasteiger partial charge in [-0.3, -0.25) is 10.1 Å². The first-order chi connectivity index (χ1) is 12.0. The second-order valence-corrected chi connectivity index (χ2v) is 6.78. The molecule has 0 saturated heterocycles. The normalized spacial score (nSPS) is 10.5. The van der Waals surface area contributed by atoms with Gasteiger partial charge in [0.15, 0.2) is 5.13 Å². The van der Waals surface area contributed by atoms with E-state index in [1.54, 1.807) is 24.4 Å². The maximum absolute atomic E-state index is 13.0. The standard InChI is InChI=1S/C16H12FN3O3S2/c1-8-12(15(22)23-2)25-16(18-8)20-13(21)11-7-24-14(19-11)9-3-5-10(17)6-4-9/h3-7H,1-2H3,(H,18,20,21). The average Bonchev–Trinajstić information content (AvgIpc) is 3.22. The molecule has 0 aliphatic heterocycles. The van der Waals surface area contributed by atoms with Crippen LogP contribution < -0.4 is 5.32 Å². The van der Waals surface area contributed by atoms with E-state index in [2.05, 4.69) is 20.0 Å². The summed E-state index contributed by atoms with van der Waals surface area (Å²) in [6, 6.07) is 5.87. The molecule has 1 amide bonds. The van der Waals surface area contributed by atoms with Crippen molar-refractivity contribution >= 4 is 39.7 Å². The summed E-state index contributed by atoms with van der Waals surface area (Å²) in [5.41, 5.74) is 1.43. The van der Waals surface area contributed by atoms with E-state index >= 15 is 0 Å². The Morgan fingerprint density at radius 2 is 1.92 bits per heavy atom. The molecule has 25 heavy (non-hydrogen) atoms. The smallest absolute Gasteiger partial charge is 0.350 e. The van der Waals surface area contributed by atoms with Gasteiger partial charge in [-0.1, -0.05) is 11.3 Å². The maximum Gasteiger partial charge on any atom is 0.350 e. The van der Waals surface area contributed by atoms with Crippen molar-refractivity contribution in [3.63, 3.8) is 0 Å². The van der Waals surface area contributed by atoms with Crippen LogP contribution in [0.4, 0.5) is 9.52 Å².